The standard InChI is InChI=1S/C19H19Cl2N3OS/c20-14-10-15(21)12-17(11-14)22-18(25)13-26-19(24-8-4-5-9-24)23-16-6-2-1-3-7-16/h1-3,6-7,10-12H,4-5,8-9,13H2,(H,22,25). The summed E-state index contributed by atoms with van der Waals surface area (Å²) < 4.78 is 0. The molecule has 1 heterocycles. The molecule has 136 valence electrons. The first-order valence-corrected chi connectivity index (χ1v) is 10.1. The van der Waals surface area contributed by atoms with Crippen LogP contribution in [0.3, 0.4) is 0 Å². The zero-order valence-corrected chi connectivity index (χ0v) is 16.4. The summed E-state index contributed by atoms with van der Waals surface area (Å²) in [7, 11) is 0. The molecule has 1 N–H and O–H groups in total. The lowest BCUT2D eigenvalue weighted by atomic mass is 10.3. The van der Waals surface area contributed by atoms with E-state index in [4.69, 9.17) is 28.2 Å². The molecule has 1 aliphatic rings. The van der Waals surface area contributed by atoms with Crippen molar-refractivity contribution in [2.45, 2.75) is 12.8 Å². The van der Waals surface area contributed by atoms with Gasteiger partial charge in [0.1, 0.15) is 0 Å². The largest absolute Gasteiger partial charge is 0.351 e. The van der Waals surface area contributed by atoms with Crippen LogP contribution in [-0.2, 0) is 4.79 Å². The number of amidine groups is 1. The molecular weight excluding hydrogens is 389 g/mol. The molecule has 2 aromatic rings. The van der Waals surface area contributed by atoms with E-state index in [-0.39, 0.29) is 11.7 Å². The predicted molar refractivity (Wildman–Crippen MR) is 112 cm³/mol. The summed E-state index contributed by atoms with van der Waals surface area (Å²) in [5.74, 6) is 0.153. The Bertz CT molecular complexity index is 772. The van der Waals surface area contributed by atoms with Gasteiger partial charge in [0.15, 0.2) is 5.17 Å². The van der Waals surface area contributed by atoms with Gasteiger partial charge in [-0.3, -0.25) is 4.79 Å². The van der Waals surface area contributed by atoms with Gasteiger partial charge in [-0.1, -0.05) is 53.2 Å². The monoisotopic (exact) mass is 407 g/mol. The summed E-state index contributed by atoms with van der Waals surface area (Å²) in [6.45, 7) is 1.95. The number of nitrogens with one attached hydrogen (secondary N) is 1. The molecule has 1 fully saturated rings. The zero-order valence-electron chi connectivity index (χ0n) is 14.1. The molecule has 3 rings (SSSR count). The summed E-state index contributed by atoms with van der Waals surface area (Å²) in [5, 5.41) is 4.69. The first-order valence-electron chi connectivity index (χ1n) is 8.37. The van der Waals surface area contributed by atoms with Crippen molar-refractivity contribution < 1.29 is 4.79 Å². The number of rotatable bonds is 4. The van der Waals surface area contributed by atoms with Crippen LogP contribution in [-0.4, -0.2) is 34.8 Å². The number of hydrogen-bond donors (Lipinski definition) is 1. The highest BCUT2D eigenvalue weighted by molar-refractivity contribution is 8.14. The fourth-order valence-corrected chi connectivity index (χ4v) is 4.06. The Morgan fingerprint density at radius 3 is 2.38 bits per heavy atom. The van der Waals surface area contributed by atoms with Gasteiger partial charge in [-0.15, -0.1) is 0 Å². The Morgan fingerprint density at radius 1 is 1.08 bits per heavy atom. The molecule has 0 atom stereocenters. The third-order valence-corrected chi connectivity index (χ3v) is 5.29. The number of nitrogens with zero attached hydrogens (tertiary/aromatic N) is 2. The smallest absolute Gasteiger partial charge is 0.234 e. The molecule has 1 saturated heterocycles. The number of aliphatic imine (C=N–C) groups is 1. The minimum Gasteiger partial charge on any atom is -0.351 e. The summed E-state index contributed by atoms with van der Waals surface area (Å²) in [4.78, 5) is 19.3. The number of carbonyl (C=O) groups excluding carboxylic acids is 1. The first kappa shape index (κ1) is 19.1. The van der Waals surface area contributed by atoms with Crippen LogP contribution in [0, 0.1) is 0 Å². The summed E-state index contributed by atoms with van der Waals surface area (Å²) in [5.41, 5.74) is 1.49. The van der Waals surface area contributed by atoms with E-state index in [1.165, 1.54) is 11.8 Å². The van der Waals surface area contributed by atoms with E-state index in [0.717, 1.165) is 36.8 Å². The van der Waals surface area contributed by atoms with Crippen molar-refractivity contribution in [2.75, 3.05) is 24.2 Å². The van der Waals surface area contributed by atoms with Crippen molar-refractivity contribution in [1.29, 1.82) is 0 Å². The molecule has 0 unspecified atom stereocenters. The Kier molecular flexibility index (Phi) is 6.83. The van der Waals surface area contributed by atoms with Crippen molar-refractivity contribution in [1.82, 2.24) is 4.90 Å². The first-order chi connectivity index (χ1) is 12.6. The Morgan fingerprint density at radius 2 is 1.73 bits per heavy atom. The van der Waals surface area contributed by atoms with Gasteiger partial charge in [-0.2, -0.15) is 0 Å². The number of carbonyl (C=O) groups is 1. The highest BCUT2D eigenvalue weighted by Gasteiger charge is 2.18. The number of amides is 1. The van der Waals surface area contributed by atoms with Crippen LogP contribution >= 0.6 is 35.0 Å². The van der Waals surface area contributed by atoms with Crippen molar-refractivity contribution in [3.63, 3.8) is 0 Å². The van der Waals surface area contributed by atoms with Crippen molar-refractivity contribution in [3.05, 3.63) is 58.6 Å². The maximum absolute atomic E-state index is 12.3. The third-order valence-electron chi connectivity index (χ3n) is 3.84. The summed E-state index contributed by atoms with van der Waals surface area (Å²) >= 11 is 13.4. The molecule has 4 nitrogen and oxygen atoms in total. The lowest BCUT2D eigenvalue weighted by Crippen LogP contribution is -2.27. The maximum Gasteiger partial charge on any atom is 0.234 e. The minimum absolute atomic E-state index is 0.117. The van der Waals surface area contributed by atoms with Gasteiger partial charge in [0.05, 0.1) is 11.4 Å². The third kappa shape index (κ3) is 5.66. The average Bonchev–Trinajstić information content (AvgIpc) is 3.13. The molecule has 1 amide bonds. The predicted octanol–water partition coefficient (Wildman–Crippen LogP) is 5.45. The van der Waals surface area contributed by atoms with Crippen LogP contribution in [0.15, 0.2) is 53.5 Å². The van der Waals surface area contributed by atoms with Crippen molar-refractivity contribution >= 4 is 57.4 Å². The molecule has 0 spiro atoms. The Balaban J connectivity index is 1.65. The molecule has 0 aromatic heterocycles. The summed E-state index contributed by atoms with van der Waals surface area (Å²) in [6, 6.07) is 14.8. The number of halogens is 2. The lowest BCUT2D eigenvalue weighted by molar-refractivity contribution is -0.113. The number of thioether (sulfide) groups is 1. The molecular formula is C19H19Cl2N3OS. The molecule has 26 heavy (non-hydrogen) atoms. The van der Waals surface area contributed by atoms with Crippen LogP contribution in [0.1, 0.15) is 12.8 Å². The number of benzene rings is 2. The number of anilines is 1. The second kappa shape index (κ2) is 9.31. The molecule has 0 saturated carbocycles. The van der Waals surface area contributed by atoms with Crippen molar-refractivity contribution in [3.8, 4) is 0 Å². The van der Waals surface area contributed by atoms with Crippen LogP contribution < -0.4 is 5.32 Å². The molecule has 0 aliphatic carbocycles. The summed E-state index contributed by atoms with van der Waals surface area (Å²) in [6.07, 6.45) is 2.31. The van der Waals surface area contributed by atoms with E-state index < -0.39 is 0 Å². The van der Waals surface area contributed by atoms with E-state index >= 15 is 0 Å². The minimum atomic E-state index is -0.117. The van der Waals surface area contributed by atoms with E-state index in [9.17, 15) is 4.79 Å². The van der Waals surface area contributed by atoms with Crippen LogP contribution in [0.2, 0.25) is 10.0 Å². The van der Waals surface area contributed by atoms with Gasteiger partial charge in [-0.05, 0) is 43.2 Å². The Hall–Kier alpha value is -1.69. The molecule has 0 bridgehead atoms. The maximum atomic E-state index is 12.3. The van der Waals surface area contributed by atoms with E-state index in [2.05, 4.69) is 10.2 Å². The topological polar surface area (TPSA) is 44.7 Å². The normalized spacial score (nSPS) is 14.5. The van der Waals surface area contributed by atoms with Gasteiger partial charge in [0, 0.05) is 28.8 Å². The molecule has 7 heteroatoms. The lowest BCUT2D eigenvalue weighted by Gasteiger charge is -2.19. The van der Waals surface area contributed by atoms with E-state index in [0.29, 0.717) is 15.7 Å². The van der Waals surface area contributed by atoms with Crippen LogP contribution in [0.25, 0.3) is 0 Å². The Labute approximate surface area is 167 Å². The van der Waals surface area contributed by atoms with Crippen LogP contribution in [0.4, 0.5) is 11.4 Å². The highest BCUT2D eigenvalue weighted by atomic mass is 35.5. The SMILES string of the molecule is O=C(CSC(=Nc1ccccc1)N1CCCC1)Nc1cc(Cl)cc(Cl)c1. The van der Waals surface area contributed by atoms with Crippen molar-refractivity contribution in [2.24, 2.45) is 4.99 Å². The fourth-order valence-electron chi connectivity index (χ4n) is 2.67. The van der Waals surface area contributed by atoms with Gasteiger partial charge < -0.3 is 10.2 Å². The number of hydrogen-bond acceptors (Lipinski definition) is 3. The molecule has 0 radical (unpaired) electrons. The van der Waals surface area contributed by atoms with Gasteiger partial charge >= 0.3 is 0 Å². The molecule has 1 aliphatic heterocycles. The van der Waals surface area contributed by atoms with E-state index in [1.54, 1.807) is 18.2 Å². The second-order valence-electron chi connectivity index (χ2n) is 5.92. The number of para-hydroxylation sites is 1. The van der Waals surface area contributed by atoms with Gasteiger partial charge in [0.2, 0.25) is 5.91 Å². The van der Waals surface area contributed by atoms with Gasteiger partial charge in [0.25, 0.3) is 0 Å². The van der Waals surface area contributed by atoms with E-state index in [1.807, 2.05) is 30.3 Å². The van der Waals surface area contributed by atoms with Gasteiger partial charge in [-0.25, -0.2) is 4.99 Å². The zero-order chi connectivity index (χ0) is 18.4. The van der Waals surface area contributed by atoms with Crippen LogP contribution in [0.5, 0.6) is 0 Å². The average molecular weight is 408 g/mol. The number of likely N-dealkylation sites (tertiary alicyclic amines) is 1. The second-order valence-corrected chi connectivity index (χ2v) is 7.73. The quantitative estimate of drug-likeness (QED) is 0.541. The highest BCUT2D eigenvalue weighted by Crippen LogP contribution is 2.24. The fraction of sp³-hybridized carbons (Fsp3) is 0.263. The molecule has 2 aromatic carbocycles.